The Morgan fingerprint density at radius 3 is 2.67 bits per heavy atom. The highest BCUT2D eigenvalue weighted by molar-refractivity contribution is 5.94. The zero-order chi connectivity index (χ0) is 15.2. The van der Waals surface area contributed by atoms with Crippen LogP contribution in [-0.2, 0) is 4.74 Å². The number of nitrogens with one attached hydrogen (secondary N) is 2. The van der Waals surface area contributed by atoms with E-state index in [4.69, 9.17) is 4.74 Å². The second-order valence-corrected chi connectivity index (χ2v) is 5.12. The third kappa shape index (κ3) is 4.14. The van der Waals surface area contributed by atoms with Gasteiger partial charge >= 0.3 is 0 Å². The van der Waals surface area contributed by atoms with Gasteiger partial charge in [-0.3, -0.25) is 4.79 Å². The van der Waals surface area contributed by atoms with Gasteiger partial charge in [0, 0.05) is 31.9 Å². The van der Waals surface area contributed by atoms with Crippen LogP contribution in [0.4, 0.5) is 14.5 Å². The molecule has 1 unspecified atom stereocenters. The fraction of sp³-hybridized carbons (Fsp3) is 0.533. The molecule has 0 saturated carbocycles. The molecule has 1 atom stereocenters. The van der Waals surface area contributed by atoms with Crippen molar-refractivity contribution in [3.8, 4) is 0 Å². The molecule has 116 valence electrons. The number of ether oxygens (including phenoxy) is 1. The van der Waals surface area contributed by atoms with Gasteiger partial charge in [0.1, 0.15) is 17.3 Å². The Balaban J connectivity index is 1.92. The Labute approximate surface area is 122 Å². The van der Waals surface area contributed by atoms with Gasteiger partial charge in [-0.15, -0.1) is 0 Å². The summed E-state index contributed by atoms with van der Waals surface area (Å²) in [6.45, 7) is 4.11. The summed E-state index contributed by atoms with van der Waals surface area (Å²) in [7, 11) is 0. The molecule has 0 aliphatic carbocycles. The van der Waals surface area contributed by atoms with E-state index in [2.05, 4.69) is 10.6 Å². The highest BCUT2D eigenvalue weighted by Gasteiger charge is 2.17. The number of carbonyl (C=O) groups is 1. The zero-order valence-corrected chi connectivity index (χ0v) is 12.0. The van der Waals surface area contributed by atoms with Gasteiger partial charge in [-0.05, 0) is 37.8 Å². The maximum absolute atomic E-state index is 13.7. The molecule has 1 aromatic rings. The van der Waals surface area contributed by atoms with E-state index >= 15 is 0 Å². The van der Waals surface area contributed by atoms with Gasteiger partial charge in [0.2, 0.25) is 0 Å². The first kappa shape index (κ1) is 15.7. The summed E-state index contributed by atoms with van der Waals surface area (Å²) in [5.74, 6) is -1.53. The van der Waals surface area contributed by atoms with E-state index in [0.29, 0.717) is 19.0 Å². The van der Waals surface area contributed by atoms with Crippen LogP contribution in [0.5, 0.6) is 0 Å². The molecule has 1 fully saturated rings. The Kier molecular flexibility index (Phi) is 5.50. The van der Waals surface area contributed by atoms with E-state index in [-0.39, 0.29) is 11.3 Å². The molecule has 0 aromatic heterocycles. The minimum absolute atomic E-state index is 0.00525. The predicted octanol–water partition coefficient (Wildman–Crippen LogP) is 2.55. The van der Waals surface area contributed by atoms with Crippen molar-refractivity contribution in [3.05, 3.63) is 29.3 Å². The van der Waals surface area contributed by atoms with Crippen LogP contribution in [0, 0.1) is 17.6 Å². The van der Waals surface area contributed by atoms with Crippen molar-refractivity contribution in [2.75, 3.05) is 31.6 Å². The SMILES string of the molecule is CCNc1c(F)cc(C(=O)NCCC2CCOC2)cc1F. The summed E-state index contributed by atoms with van der Waals surface area (Å²) >= 11 is 0. The number of anilines is 1. The Bertz CT molecular complexity index is 479. The summed E-state index contributed by atoms with van der Waals surface area (Å²) < 4.78 is 32.7. The van der Waals surface area contributed by atoms with Crippen LogP contribution in [0.3, 0.4) is 0 Å². The molecule has 0 bridgehead atoms. The third-order valence-corrected chi connectivity index (χ3v) is 3.52. The van der Waals surface area contributed by atoms with Gasteiger partial charge in [-0.25, -0.2) is 8.78 Å². The maximum Gasteiger partial charge on any atom is 0.251 e. The number of amides is 1. The number of halogens is 2. The number of hydrogen-bond donors (Lipinski definition) is 2. The van der Waals surface area contributed by atoms with Crippen LogP contribution in [-0.4, -0.2) is 32.2 Å². The van der Waals surface area contributed by atoms with Crippen molar-refractivity contribution < 1.29 is 18.3 Å². The molecule has 2 N–H and O–H groups in total. The first-order chi connectivity index (χ1) is 10.1. The highest BCUT2D eigenvalue weighted by atomic mass is 19.1. The van der Waals surface area contributed by atoms with Gasteiger partial charge < -0.3 is 15.4 Å². The molecule has 1 aliphatic rings. The van der Waals surface area contributed by atoms with Gasteiger partial charge in [-0.1, -0.05) is 0 Å². The number of rotatable bonds is 6. The second-order valence-electron chi connectivity index (χ2n) is 5.12. The molecule has 1 aromatic carbocycles. The van der Waals surface area contributed by atoms with E-state index in [1.54, 1.807) is 6.92 Å². The lowest BCUT2D eigenvalue weighted by Gasteiger charge is -2.11. The summed E-state index contributed by atoms with van der Waals surface area (Å²) in [6.07, 6.45) is 1.81. The summed E-state index contributed by atoms with van der Waals surface area (Å²) in [4.78, 5) is 11.9. The molecular formula is C15H20F2N2O2. The molecular weight excluding hydrogens is 278 g/mol. The molecule has 6 heteroatoms. The molecule has 0 radical (unpaired) electrons. The first-order valence-electron chi connectivity index (χ1n) is 7.20. The minimum Gasteiger partial charge on any atom is -0.381 e. The smallest absolute Gasteiger partial charge is 0.251 e. The first-order valence-corrected chi connectivity index (χ1v) is 7.20. The van der Waals surface area contributed by atoms with Crippen LogP contribution in [0.1, 0.15) is 30.1 Å². The average Bonchev–Trinajstić information content (AvgIpc) is 2.95. The van der Waals surface area contributed by atoms with Gasteiger partial charge in [0.05, 0.1) is 0 Å². The Hall–Kier alpha value is -1.69. The molecule has 1 heterocycles. The number of carbonyl (C=O) groups excluding carboxylic acids is 1. The monoisotopic (exact) mass is 298 g/mol. The Morgan fingerprint density at radius 1 is 1.38 bits per heavy atom. The summed E-state index contributed by atoms with van der Waals surface area (Å²) in [5, 5.41) is 5.28. The standard InChI is InChI=1S/C15H20F2N2O2/c1-2-18-14-12(16)7-11(8-13(14)17)15(20)19-5-3-10-4-6-21-9-10/h7-8,10,18H,2-6,9H2,1H3,(H,19,20). The third-order valence-electron chi connectivity index (χ3n) is 3.52. The lowest BCUT2D eigenvalue weighted by atomic mass is 10.1. The fourth-order valence-electron chi connectivity index (χ4n) is 2.35. The molecule has 1 saturated heterocycles. The normalized spacial score (nSPS) is 17.8. The highest BCUT2D eigenvalue weighted by Crippen LogP contribution is 2.21. The van der Waals surface area contributed by atoms with Crippen LogP contribution >= 0.6 is 0 Å². The van der Waals surface area contributed by atoms with Gasteiger partial charge in [-0.2, -0.15) is 0 Å². The number of hydrogen-bond acceptors (Lipinski definition) is 3. The predicted molar refractivity (Wildman–Crippen MR) is 76.4 cm³/mol. The van der Waals surface area contributed by atoms with E-state index in [0.717, 1.165) is 38.2 Å². The van der Waals surface area contributed by atoms with E-state index in [1.165, 1.54) is 0 Å². The topological polar surface area (TPSA) is 50.4 Å². The van der Waals surface area contributed by atoms with Crippen LogP contribution < -0.4 is 10.6 Å². The number of benzene rings is 1. The molecule has 4 nitrogen and oxygen atoms in total. The Morgan fingerprint density at radius 2 is 2.10 bits per heavy atom. The quantitative estimate of drug-likeness (QED) is 0.848. The van der Waals surface area contributed by atoms with Crippen LogP contribution in [0.25, 0.3) is 0 Å². The minimum atomic E-state index is -0.758. The van der Waals surface area contributed by atoms with Gasteiger partial charge in [0.15, 0.2) is 0 Å². The fourth-order valence-corrected chi connectivity index (χ4v) is 2.35. The average molecular weight is 298 g/mol. The lowest BCUT2D eigenvalue weighted by molar-refractivity contribution is 0.0949. The largest absolute Gasteiger partial charge is 0.381 e. The molecule has 0 spiro atoms. The molecule has 21 heavy (non-hydrogen) atoms. The van der Waals surface area contributed by atoms with Crippen molar-refractivity contribution in [1.29, 1.82) is 0 Å². The second kappa shape index (κ2) is 7.36. The molecule has 1 amide bonds. The lowest BCUT2D eigenvalue weighted by Crippen LogP contribution is -2.26. The van der Waals surface area contributed by atoms with Crippen LogP contribution in [0.2, 0.25) is 0 Å². The van der Waals surface area contributed by atoms with E-state index in [1.807, 2.05) is 0 Å². The van der Waals surface area contributed by atoms with Crippen molar-refractivity contribution in [3.63, 3.8) is 0 Å². The van der Waals surface area contributed by atoms with Crippen molar-refractivity contribution in [2.45, 2.75) is 19.8 Å². The summed E-state index contributed by atoms with van der Waals surface area (Å²) in [5.41, 5.74) is -0.202. The van der Waals surface area contributed by atoms with Gasteiger partial charge in [0.25, 0.3) is 5.91 Å². The molecule has 1 aliphatic heterocycles. The summed E-state index contributed by atoms with van der Waals surface area (Å²) in [6, 6.07) is 2.10. The van der Waals surface area contributed by atoms with E-state index in [9.17, 15) is 13.6 Å². The van der Waals surface area contributed by atoms with Crippen molar-refractivity contribution in [1.82, 2.24) is 5.32 Å². The maximum atomic E-state index is 13.7. The zero-order valence-electron chi connectivity index (χ0n) is 12.0. The molecule has 2 rings (SSSR count). The van der Waals surface area contributed by atoms with Crippen LogP contribution in [0.15, 0.2) is 12.1 Å². The van der Waals surface area contributed by atoms with E-state index < -0.39 is 17.5 Å². The van der Waals surface area contributed by atoms with Crippen molar-refractivity contribution in [2.24, 2.45) is 5.92 Å². The van der Waals surface area contributed by atoms with Crippen molar-refractivity contribution >= 4 is 11.6 Å².